The second-order valence-corrected chi connectivity index (χ2v) is 4.16. The summed E-state index contributed by atoms with van der Waals surface area (Å²) in [6, 6.07) is 6.90. The molecule has 2 N–H and O–H groups in total. The van der Waals surface area contributed by atoms with Crippen LogP contribution >= 0.6 is 0 Å². The number of H-pyrrole nitrogens is 1. The fourth-order valence-electron chi connectivity index (χ4n) is 1.87. The molecule has 0 saturated carbocycles. The highest BCUT2D eigenvalue weighted by molar-refractivity contribution is 5.91. The molecule has 1 amide bonds. The molecule has 0 aliphatic carbocycles. The number of rotatable bonds is 4. The van der Waals surface area contributed by atoms with E-state index in [4.69, 9.17) is 0 Å². The van der Waals surface area contributed by atoms with Gasteiger partial charge in [0.15, 0.2) is 5.65 Å². The number of nitrogens with one attached hydrogen (secondary N) is 2. The van der Waals surface area contributed by atoms with Gasteiger partial charge in [0.1, 0.15) is 5.69 Å². The van der Waals surface area contributed by atoms with Crippen LogP contribution in [0.15, 0.2) is 41.5 Å². The third-order valence-corrected chi connectivity index (χ3v) is 2.84. The highest BCUT2D eigenvalue weighted by atomic mass is 16.2. The molecule has 3 heterocycles. The minimum absolute atomic E-state index is 0.226. The van der Waals surface area contributed by atoms with Gasteiger partial charge in [0.25, 0.3) is 5.91 Å². The monoisotopic (exact) mass is 272 g/mol. The van der Waals surface area contributed by atoms with E-state index < -0.39 is 0 Å². The summed E-state index contributed by atoms with van der Waals surface area (Å²) in [6.45, 7) is 0.613. The van der Waals surface area contributed by atoms with E-state index in [-0.39, 0.29) is 11.6 Å². The van der Waals surface area contributed by atoms with E-state index >= 15 is 0 Å². The van der Waals surface area contributed by atoms with E-state index in [9.17, 15) is 9.59 Å². The van der Waals surface area contributed by atoms with Crippen LogP contribution in [0.3, 0.4) is 0 Å². The minimum atomic E-state index is -0.265. The third kappa shape index (κ3) is 2.18. The van der Waals surface area contributed by atoms with E-state index in [0.717, 1.165) is 0 Å². The number of amides is 1. The first kappa shape index (κ1) is 12.2. The summed E-state index contributed by atoms with van der Waals surface area (Å²) in [4.78, 5) is 23.6. The normalized spacial score (nSPS) is 10.8. The molecule has 3 aromatic heterocycles. The lowest BCUT2D eigenvalue weighted by atomic mass is 10.4. The molecule has 8 nitrogen and oxygen atoms in total. The van der Waals surface area contributed by atoms with Crippen LogP contribution < -0.4 is 11.0 Å². The van der Waals surface area contributed by atoms with Crippen molar-refractivity contribution < 1.29 is 4.79 Å². The average Bonchev–Trinajstić information content (AvgIpc) is 3.09. The molecule has 8 heteroatoms. The Morgan fingerprint density at radius 3 is 3.00 bits per heavy atom. The molecular weight excluding hydrogens is 260 g/mol. The Bertz CT molecular complexity index is 786. The Hall–Kier alpha value is -2.90. The van der Waals surface area contributed by atoms with Crippen molar-refractivity contribution in [3.8, 4) is 0 Å². The molecule has 0 saturated heterocycles. The lowest BCUT2D eigenvalue weighted by molar-refractivity contribution is 0.0947. The Labute approximate surface area is 113 Å². The fraction of sp³-hybridized carbons (Fsp3) is 0.167. The summed E-state index contributed by atoms with van der Waals surface area (Å²) in [5.41, 5.74) is 0.737. The molecule has 3 rings (SSSR count). The van der Waals surface area contributed by atoms with Crippen LogP contribution in [-0.4, -0.2) is 36.8 Å². The number of pyridine rings is 1. The summed E-state index contributed by atoms with van der Waals surface area (Å²) in [5.74, 6) is -0.265. The third-order valence-electron chi connectivity index (χ3n) is 2.84. The number of hydrogen-bond donors (Lipinski definition) is 2. The van der Waals surface area contributed by atoms with Crippen LogP contribution in [0.4, 0.5) is 0 Å². The van der Waals surface area contributed by atoms with Gasteiger partial charge in [-0.2, -0.15) is 5.10 Å². The SMILES string of the molecule is O=C(NCCn1nc2ccccn2c1=O)c1ccn[nH]1. The molecule has 20 heavy (non-hydrogen) atoms. The molecule has 0 spiro atoms. The van der Waals surface area contributed by atoms with Crippen LogP contribution in [0, 0.1) is 0 Å². The zero-order valence-corrected chi connectivity index (χ0v) is 10.5. The summed E-state index contributed by atoms with van der Waals surface area (Å²) < 4.78 is 2.78. The van der Waals surface area contributed by atoms with Gasteiger partial charge in [0.05, 0.1) is 6.54 Å². The number of nitrogens with zero attached hydrogens (tertiary/aromatic N) is 4. The van der Waals surface area contributed by atoms with Crippen LogP contribution in [0.1, 0.15) is 10.5 Å². The quantitative estimate of drug-likeness (QED) is 0.678. The maximum atomic E-state index is 12.0. The number of aromatic nitrogens is 5. The van der Waals surface area contributed by atoms with Crippen LogP contribution in [0.5, 0.6) is 0 Å². The van der Waals surface area contributed by atoms with E-state index in [1.54, 1.807) is 24.4 Å². The molecule has 0 aliphatic rings. The van der Waals surface area contributed by atoms with E-state index in [1.165, 1.54) is 15.3 Å². The molecular formula is C12H12N6O2. The topological polar surface area (TPSA) is 97.1 Å². The van der Waals surface area contributed by atoms with Crippen LogP contribution in [-0.2, 0) is 6.54 Å². The fourth-order valence-corrected chi connectivity index (χ4v) is 1.87. The number of fused-ring (bicyclic) bond motifs is 1. The molecule has 0 atom stereocenters. The summed E-state index contributed by atoms with van der Waals surface area (Å²) in [6.07, 6.45) is 3.16. The Balaban J connectivity index is 1.67. The molecule has 0 aliphatic heterocycles. The van der Waals surface area contributed by atoms with Crippen molar-refractivity contribution in [2.75, 3.05) is 6.54 Å². The lowest BCUT2D eigenvalue weighted by Gasteiger charge is -2.02. The molecule has 3 aromatic rings. The number of carbonyl (C=O) groups excluding carboxylic acids is 1. The van der Waals surface area contributed by atoms with Crippen molar-refractivity contribution >= 4 is 11.6 Å². The summed E-state index contributed by atoms with van der Waals surface area (Å²) in [7, 11) is 0. The van der Waals surface area contributed by atoms with E-state index in [0.29, 0.717) is 24.4 Å². The largest absolute Gasteiger partial charge is 0.350 e. The molecule has 0 fully saturated rings. The van der Waals surface area contributed by atoms with Crippen molar-refractivity contribution in [1.29, 1.82) is 0 Å². The standard InChI is InChI=1S/C12H12N6O2/c19-11(9-4-5-14-15-9)13-6-8-18-12(20)17-7-2-1-3-10(17)16-18/h1-5,7H,6,8H2,(H,13,19)(H,14,15). The van der Waals surface area contributed by atoms with Gasteiger partial charge in [-0.25, -0.2) is 9.48 Å². The van der Waals surface area contributed by atoms with Gasteiger partial charge in [-0.05, 0) is 18.2 Å². The smallest absolute Gasteiger partial charge is 0.349 e. The second-order valence-electron chi connectivity index (χ2n) is 4.16. The Morgan fingerprint density at radius 1 is 1.35 bits per heavy atom. The van der Waals surface area contributed by atoms with Crippen molar-refractivity contribution in [3.63, 3.8) is 0 Å². The summed E-state index contributed by atoms with van der Waals surface area (Å²) >= 11 is 0. The zero-order chi connectivity index (χ0) is 13.9. The first-order valence-corrected chi connectivity index (χ1v) is 6.07. The van der Waals surface area contributed by atoms with E-state index in [2.05, 4.69) is 20.6 Å². The Morgan fingerprint density at radius 2 is 2.25 bits per heavy atom. The van der Waals surface area contributed by atoms with Gasteiger partial charge in [0.2, 0.25) is 0 Å². The Kier molecular flexibility index (Phi) is 3.04. The minimum Gasteiger partial charge on any atom is -0.349 e. The number of carbonyl (C=O) groups is 1. The average molecular weight is 272 g/mol. The zero-order valence-electron chi connectivity index (χ0n) is 10.5. The van der Waals surface area contributed by atoms with Gasteiger partial charge < -0.3 is 5.32 Å². The first-order chi connectivity index (χ1) is 9.75. The molecule has 102 valence electrons. The molecule has 0 bridgehead atoms. The van der Waals surface area contributed by atoms with Crippen molar-refractivity contribution in [2.45, 2.75) is 6.54 Å². The number of aromatic amines is 1. The van der Waals surface area contributed by atoms with Crippen LogP contribution in [0.2, 0.25) is 0 Å². The van der Waals surface area contributed by atoms with Gasteiger partial charge in [-0.3, -0.25) is 14.3 Å². The summed E-state index contributed by atoms with van der Waals surface area (Å²) in [5, 5.41) is 13.1. The molecule has 0 unspecified atom stereocenters. The highest BCUT2D eigenvalue weighted by Crippen LogP contribution is 1.95. The maximum absolute atomic E-state index is 12.0. The van der Waals surface area contributed by atoms with Crippen molar-refractivity contribution in [1.82, 2.24) is 29.7 Å². The van der Waals surface area contributed by atoms with Crippen LogP contribution in [0.25, 0.3) is 5.65 Å². The molecule has 0 aromatic carbocycles. The first-order valence-electron chi connectivity index (χ1n) is 6.07. The van der Waals surface area contributed by atoms with Gasteiger partial charge in [-0.15, -0.1) is 5.10 Å². The predicted molar refractivity (Wildman–Crippen MR) is 70.4 cm³/mol. The predicted octanol–water partition coefficient (Wildman–Crippen LogP) is -0.351. The lowest BCUT2D eigenvalue weighted by Crippen LogP contribution is -2.31. The second kappa shape index (κ2) is 5.00. The van der Waals surface area contributed by atoms with Crippen molar-refractivity contribution in [3.05, 3.63) is 52.8 Å². The van der Waals surface area contributed by atoms with Gasteiger partial charge in [-0.1, -0.05) is 6.07 Å². The molecule has 0 radical (unpaired) electrons. The number of hydrogen-bond acceptors (Lipinski definition) is 4. The maximum Gasteiger partial charge on any atom is 0.350 e. The van der Waals surface area contributed by atoms with Crippen molar-refractivity contribution in [2.24, 2.45) is 0 Å². The van der Waals surface area contributed by atoms with Gasteiger partial charge in [0, 0.05) is 18.9 Å². The van der Waals surface area contributed by atoms with E-state index in [1.807, 2.05) is 6.07 Å². The highest BCUT2D eigenvalue weighted by Gasteiger charge is 2.08. The van der Waals surface area contributed by atoms with Gasteiger partial charge >= 0.3 is 5.69 Å².